The number of ether oxygens (including phenoxy) is 1. The molecule has 2 N–H and O–H groups in total. The average molecular weight is 442 g/mol. The smallest absolute Gasteiger partial charge is 0.246 e. The van der Waals surface area contributed by atoms with Crippen molar-refractivity contribution in [3.05, 3.63) is 103 Å². The van der Waals surface area contributed by atoms with Gasteiger partial charge in [-0.05, 0) is 49.2 Å². The van der Waals surface area contributed by atoms with Gasteiger partial charge in [0.25, 0.3) is 0 Å². The monoisotopic (exact) mass is 441 g/mol. The van der Waals surface area contributed by atoms with Crippen LogP contribution in [0.2, 0.25) is 0 Å². The van der Waals surface area contributed by atoms with Crippen molar-refractivity contribution in [2.45, 2.75) is 25.9 Å². The summed E-state index contributed by atoms with van der Waals surface area (Å²) in [5.41, 5.74) is 3.52. The first kappa shape index (κ1) is 22.2. The molecule has 1 amide bonds. The van der Waals surface area contributed by atoms with E-state index in [0.29, 0.717) is 18.0 Å². The second kappa shape index (κ2) is 10.6. The highest BCUT2D eigenvalue weighted by atomic mass is 16.5. The van der Waals surface area contributed by atoms with Crippen molar-refractivity contribution in [3.8, 4) is 11.4 Å². The molecule has 7 heteroatoms. The third-order valence-corrected chi connectivity index (χ3v) is 5.33. The normalized spacial score (nSPS) is 12.7. The van der Waals surface area contributed by atoms with Crippen LogP contribution in [0.5, 0.6) is 5.75 Å². The predicted octanol–water partition coefficient (Wildman–Crippen LogP) is 4.70. The molecule has 2 atom stereocenters. The summed E-state index contributed by atoms with van der Waals surface area (Å²) in [7, 11) is 0. The van der Waals surface area contributed by atoms with E-state index in [0.717, 1.165) is 16.8 Å². The molecule has 0 unspecified atom stereocenters. The minimum atomic E-state index is -0.550. The number of rotatable bonds is 9. The van der Waals surface area contributed by atoms with Crippen LogP contribution in [0.25, 0.3) is 5.69 Å². The van der Waals surface area contributed by atoms with Gasteiger partial charge in [-0.1, -0.05) is 54.6 Å². The topological polar surface area (TPSA) is 81.1 Å². The number of carbonyl (C=O) groups excluding carboxylic acids is 1. The van der Waals surface area contributed by atoms with Crippen LogP contribution in [0.3, 0.4) is 0 Å². The van der Waals surface area contributed by atoms with Crippen LogP contribution < -0.4 is 15.4 Å². The molecule has 3 aromatic carbocycles. The fourth-order valence-electron chi connectivity index (χ4n) is 3.63. The van der Waals surface area contributed by atoms with Crippen molar-refractivity contribution < 1.29 is 9.53 Å². The highest BCUT2D eigenvalue weighted by molar-refractivity contribution is 5.96. The molecular weight excluding hydrogens is 414 g/mol. The molecule has 0 fully saturated rings. The van der Waals surface area contributed by atoms with Crippen molar-refractivity contribution >= 4 is 11.6 Å². The fourth-order valence-corrected chi connectivity index (χ4v) is 3.63. The number of nitrogens with zero attached hydrogens (tertiary/aromatic N) is 3. The first-order valence-corrected chi connectivity index (χ1v) is 10.9. The quantitative estimate of drug-likeness (QED) is 0.394. The van der Waals surface area contributed by atoms with E-state index in [4.69, 9.17) is 4.74 Å². The molecule has 1 heterocycles. The van der Waals surface area contributed by atoms with Gasteiger partial charge in [-0.3, -0.25) is 10.1 Å². The van der Waals surface area contributed by atoms with Crippen LogP contribution in [0, 0.1) is 0 Å². The van der Waals surface area contributed by atoms with Crippen molar-refractivity contribution in [3.63, 3.8) is 0 Å². The number of benzene rings is 3. The molecule has 4 rings (SSSR count). The first-order valence-electron chi connectivity index (χ1n) is 10.9. The first-order chi connectivity index (χ1) is 16.2. The number of hydrogen-bond acceptors (Lipinski definition) is 5. The summed E-state index contributed by atoms with van der Waals surface area (Å²) in [6.07, 6.45) is 3.16. The molecular formula is C26H27N5O2. The van der Waals surface area contributed by atoms with Crippen LogP contribution in [-0.4, -0.2) is 27.3 Å². The number of amides is 1. The summed E-state index contributed by atoms with van der Waals surface area (Å²) in [5.74, 6) is 0.497. The van der Waals surface area contributed by atoms with Gasteiger partial charge in [0.05, 0.1) is 18.0 Å². The predicted molar refractivity (Wildman–Crippen MR) is 128 cm³/mol. The van der Waals surface area contributed by atoms with Gasteiger partial charge in [-0.15, -0.1) is 0 Å². The number of nitrogens with one attached hydrogen (secondary N) is 2. The lowest BCUT2D eigenvalue weighted by Gasteiger charge is -2.24. The maximum absolute atomic E-state index is 13.4. The minimum Gasteiger partial charge on any atom is -0.492 e. The maximum atomic E-state index is 13.4. The van der Waals surface area contributed by atoms with Crippen LogP contribution in [0.15, 0.2) is 91.5 Å². The summed E-state index contributed by atoms with van der Waals surface area (Å²) in [6, 6.07) is 24.6. The summed E-state index contributed by atoms with van der Waals surface area (Å²) in [6.45, 7) is 4.49. The molecule has 0 saturated carbocycles. The van der Waals surface area contributed by atoms with Gasteiger partial charge in [0, 0.05) is 6.04 Å². The number of hydrogen-bond donors (Lipinski definition) is 2. The van der Waals surface area contributed by atoms with E-state index in [-0.39, 0.29) is 11.9 Å². The van der Waals surface area contributed by atoms with E-state index in [1.165, 1.54) is 6.33 Å². The van der Waals surface area contributed by atoms with Gasteiger partial charge in [-0.25, -0.2) is 9.67 Å². The molecule has 168 valence electrons. The summed E-state index contributed by atoms with van der Waals surface area (Å²) in [4.78, 5) is 17.4. The minimum absolute atomic E-state index is 0.0760. The molecule has 0 radical (unpaired) electrons. The molecule has 7 nitrogen and oxygen atoms in total. The molecule has 0 aliphatic heterocycles. The van der Waals surface area contributed by atoms with E-state index < -0.39 is 6.04 Å². The molecule has 0 aliphatic rings. The summed E-state index contributed by atoms with van der Waals surface area (Å²) < 4.78 is 7.38. The van der Waals surface area contributed by atoms with Gasteiger partial charge in [0.2, 0.25) is 5.91 Å². The van der Waals surface area contributed by atoms with Crippen LogP contribution in [0.4, 0.5) is 5.69 Å². The summed E-state index contributed by atoms with van der Waals surface area (Å²) >= 11 is 0. The zero-order chi connectivity index (χ0) is 23.0. The Morgan fingerprint density at radius 1 is 0.970 bits per heavy atom. The highest BCUT2D eigenvalue weighted by Crippen LogP contribution is 2.27. The standard InChI is InChI=1S/C26H27N5O2/c1-3-33-24-12-8-7-11-23(24)30-26(32)25(21-9-5-4-6-10-21)29-19(2)20-13-15-22(16-14-20)31-18-27-17-28-31/h4-19,25,29H,3H2,1-2H3,(H,30,32)/t19-,25+/m1/s1. The summed E-state index contributed by atoms with van der Waals surface area (Å²) in [5, 5.41) is 10.7. The maximum Gasteiger partial charge on any atom is 0.246 e. The third-order valence-electron chi connectivity index (χ3n) is 5.33. The molecule has 4 aromatic rings. The number of anilines is 1. The highest BCUT2D eigenvalue weighted by Gasteiger charge is 2.24. The number of aromatic nitrogens is 3. The SMILES string of the molecule is CCOc1ccccc1NC(=O)[C@@H](N[C@H](C)c1ccc(-n2cncn2)cc1)c1ccccc1. The zero-order valence-corrected chi connectivity index (χ0v) is 18.7. The van der Waals surface area contributed by atoms with Crippen LogP contribution >= 0.6 is 0 Å². The van der Waals surface area contributed by atoms with Gasteiger partial charge >= 0.3 is 0 Å². The van der Waals surface area contributed by atoms with Gasteiger partial charge in [-0.2, -0.15) is 5.10 Å². The van der Waals surface area contributed by atoms with E-state index >= 15 is 0 Å². The molecule has 0 saturated heterocycles. The second-order valence-electron chi connectivity index (χ2n) is 7.58. The van der Waals surface area contributed by atoms with E-state index in [2.05, 4.69) is 20.7 Å². The Balaban J connectivity index is 1.54. The van der Waals surface area contributed by atoms with E-state index in [1.54, 1.807) is 11.0 Å². The molecule has 0 spiro atoms. The van der Waals surface area contributed by atoms with Crippen LogP contribution in [-0.2, 0) is 4.79 Å². The van der Waals surface area contributed by atoms with Gasteiger partial charge in [0.15, 0.2) is 0 Å². The average Bonchev–Trinajstić information content (AvgIpc) is 3.39. The third kappa shape index (κ3) is 5.45. The van der Waals surface area contributed by atoms with Crippen molar-refractivity contribution in [1.82, 2.24) is 20.1 Å². The van der Waals surface area contributed by atoms with Crippen molar-refractivity contribution in [1.29, 1.82) is 0 Å². The molecule has 33 heavy (non-hydrogen) atoms. The lowest BCUT2D eigenvalue weighted by molar-refractivity contribution is -0.118. The lowest BCUT2D eigenvalue weighted by Crippen LogP contribution is -2.34. The molecule has 1 aromatic heterocycles. The Labute approximate surface area is 193 Å². The Morgan fingerprint density at radius 2 is 1.70 bits per heavy atom. The largest absolute Gasteiger partial charge is 0.492 e. The van der Waals surface area contributed by atoms with Crippen LogP contribution in [0.1, 0.15) is 37.1 Å². The van der Waals surface area contributed by atoms with E-state index in [1.807, 2.05) is 92.7 Å². The van der Waals surface area contributed by atoms with Gasteiger partial charge < -0.3 is 10.1 Å². The zero-order valence-electron chi connectivity index (χ0n) is 18.7. The van der Waals surface area contributed by atoms with E-state index in [9.17, 15) is 4.79 Å². The molecule has 0 bridgehead atoms. The Kier molecular flexibility index (Phi) is 7.12. The number of para-hydroxylation sites is 2. The lowest BCUT2D eigenvalue weighted by atomic mass is 10.0. The molecule has 0 aliphatic carbocycles. The second-order valence-corrected chi connectivity index (χ2v) is 7.58. The Morgan fingerprint density at radius 3 is 2.39 bits per heavy atom. The van der Waals surface area contributed by atoms with Gasteiger partial charge in [0.1, 0.15) is 24.4 Å². The fraction of sp³-hybridized carbons (Fsp3) is 0.192. The van der Waals surface area contributed by atoms with Crippen molar-refractivity contribution in [2.75, 3.05) is 11.9 Å². The number of carbonyl (C=O) groups is 1. The Hall–Kier alpha value is -3.97. The Bertz CT molecular complexity index is 1160. The van der Waals surface area contributed by atoms with Crippen molar-refractivity contribution in [2.24, 2.45) is 0 Å².